The number of rotatable bonds is 3. The van der Waals surface area contributed by atoms with Gasteiger partial charge < -0.3 is 5.11 Å². The first kappa shape index (κ1) is 9.72. The van der Waals surface area contributed by atoms with E-state index in [9.17, 15) is 5.11 Å². The molecule has 1 fully saturated rings. The third-order valence-electron chi connectivity index (χ3n) is 3.71. The van der Waals surface area contributed by atoms with Gasteiger partial charge in [-0.2, -0.15) is 0 Å². The Kier molecular flexibility index (Phi) is 2.36. The quantitative estimate of drug-likeness (QED) is 0.777. The average molecular weight is 190 g/mol. The van der Waals surface area contributed by atoms with Gasteiger partial charge in [0.2, 0.25) is 0 Å². The van der Waals surface area contributed by atoms with Crippen molar-refractivity contribution in [2.24, 2.45) is 11.3 Å². The maximum atomic E-state index is 9.23. The van der Waals surface area contributed by atoms with E-state index < -0.39 is 0 Å². The number of aliphatic hydroxyl groups is 1. The fraction of sp³-hybridized carbons (Fsp3) is 0.538. The second-order valence-electron chi connectivity index (χ2n) is 4.82. The van der Waals surface area contributed by atoms with Gasteiger partial charge in [-0.05, 0) is 29.2 Å². The minimum atomic E-state index is 0.190. The van der Waals surface area contributed by atoms with Gasteiger partial charge in [-0.25, -0.2) is 0 Å². The molecule has 1 heteroatoms. The van der Waals surface area contributed by atoms with Gasteiger partial charge in [-0.1, -0.05) is 44.2 Å². The Bertz CT molecular complexity index is 306. The fourth-order valence-electron chi connectivity index (χ4n) is 2.39. The minimum Gasteiger partial charge on any atom is -0.396 e. The summed E-state index contributed by atoms with van der Waals surface area (Å²) in [4.78, 5) is 0. The lowest BCUT2D eigenvalue weighted by atomic mass is 9.91. The standard InChI is InChI=1S/C13H18O/c1-10(11-6-4-3-5-7-11)12-8-13(12,2)9-14/h3-7,10,12,14H,8-9H2,1-2H3/t10-,12-,13+/m0/s1. The summed E-state index contributed by atoms with van der Waals surface area (Å²) in [6.45, 7) is 4.77. The second-order valence-corrected chi connectivity index (χ2v) is 4.82. The van der Waals surface area contributed by atoms with Crippen molar-refractivity contribution in [3.05, 3.63) is 35.9 Å². The minimum absolute atomic E-state index is 0.190. The maximum absolute atomic E-state index is 9.23. The van der Waals surface area contributed by atoms with E-state index >= 15 is 0 Å². The number of hydrogen-bond acceptors (Lipinski definition) is 1. The highest BCUT2D eigenvalue weighted by atomic mass is 16.3. The molecule has 76 valence electrons. The summed E-state index contributed by atoms with van der Waals surface area (Å²) in [5.74, 6) is 1.24. The largest absolute Gasteiger partial charge is 0.396 e. The Morgan fingerprint density at radius 3 is 2.57 bits per heavy atom. The van der Waals surface area contributed by atoms with E-state index in [-0.39, 0.29) is 5.41 Å². The predicted octanol–water partition coefficient (Wildman–Crippen LogP) is 2.81. The van der Waals surface area contributed by atoms with Crippen LogP contribution in [0.15, 0.2) is 30.3 Å². The lowest BCUT2D eigenvalue weighted by Gasteiger charge is -2.14. The van der Waals surface area contributed by atoms with Gasteiger partial charge in [0, 0.05) is 6.61 Å². The topological polar surface area (TPSA) is 20.2 Å². The average Bonchev–Trinajstić information content (AvgIpc) is 2.92. The molecular formula is C13H18O. The summed E-state index contributed by atoms with van der Waals surface area (Å²) in [7, 11) is 0. The Balaban J connectivity index is 2.08. The molecule has 0 spiro atoms. The van der Waals surface area contributed by atoms with Crippen molar-refractivity contribution in [2.45, 2.75) is 26.2 Å². The molecule has 1 aromatic carbocycles. The molecule has 0 aromatic heterocycles. The molecule has 1 N–H and O–H groups in total. The van der Waals surface area contributed by atoms with E-state index in [4.69, 9.17) is 0 Å². The van der Waals surface area contributed by atoms with Crippen molar-refractivity contribution < 1.29 is 5.11 Å². The van der Waals surface area contributed by atoms with Crippen molar-refractivity contribution in [3.8, 4) is 0 Å². The zero-order valence-electron chi connectivity index (χ0n) is 8.90. The molecule has 14 heavy (non-hydrogen) atoms. The summed E-state index contributed by atoms with van der Waals surface area (Å²) in [6.07, 6.45) is 1.17. The van der Waals surface area contributed by atoms with Gasteiger partial charge in [0.1, 0.15) is 0 Å². The van der Waals surface area contributed by atoms with Crippen LogP contribution in [0.25, 0.3) is 0 Å². The molecule has 0 saturated heterocycles. The van der Waals surface area contributed by atoms with Crippen LogP contribution in [0.3, 0.4) is 0 Å². The zero-order valence-corrected chi connectivity index (χ0v) is 8.90. The van der Waals surface area contributed by atoms with Crippen LogP contribution in [0.4, 0.5) is 0 Å². The van der Waals surface area contributed by atoms with Crippen LogP contribution in [0.5, 0.6) is 0 Å². The predicted molar refractivity (Wildman–Crippen MR) is 58.2 cm³/mol. The van der Waals surface area contributed by atoms with Crippen molar-refractivity contribution >= 4 is 0 Å². The van der Waals surface area contributed by atoms with Crippen molar-refractivity contribution in [1.82, 2.24) is 0 Å². The van der Waals surface area contributed by atoms with Crippen LogP contribution in [0.2, 0.25) is 0 Å². The number of benzene rings is 1. The first-order valence-corrected chi connectivity index (χ1v) is 5.33. The SMILES string of the molecule is C[C@@H](c1ccccc1)[C@@H]1C[C@]1(C)CO. The van der Waals surface area contributed by atoms with Gasteiger partial charge >= 0.3 is 0 Å². The molecule has 0 unspecified atom stereocenters. The van der Waals surface area contributed by atoms with E-state index in [1.54, 1.807) is 0 Å². The molecule has 0 heterocycles. The third-order valence-corrected chi connectivity index (χ3v) is 3.71. The Hall–Kier alpha value is -0.820. The number of aliphatic hydroxyl groups excluding tert-OH is 1. The molecular weight excluding hydrogens is 172 g/mol. The normalized spacial score (nSPS) is 32.6. The summed E-state index contributed by atoms with van der Waals surface area (Å²) >= 11 is 0. The lowest BCUT2D eigenvalue weighted by Crippen LogP contribution is -2.08. The van der Waals surface area contributed by atoms with Crippen LogP contribution in [0, 0.1) is 11.3 Å². The van der Waals surface area contributed by atoms with Crippen LogP contribution >= 0.6 is 0 Å². The molecule has 1 aliphatic rings. The van der Waals surface area contributed by atoms with Crippen molar-refractivity contribution in [1.29, 1.82) is 0 Å². The smallest absolute Gasteiger partial charge is 0.0487 e. The maximum Gasteiger partial charge on any atom is 0.0487 e. The van der Waals surface area contributed by atoms with Gasteiger partial charge in [-0.15, -0.1) is 0 Å². The van der Waals surface area contributed by atoms with Gasteiger partial charge in [-0.3, -0.25) is 0 Å². The Morgan fingerprint density at radius 1 is 1.43 bits per heavy atom. The van der Waals surface area contributed by atoms with E-state index in [0.717, 1.165) is 0 Å². The molecule has 0 amide bonds. The van der Waals surface area contributed by atoms with Gasteiger partial charge in [0.25, 0.3) is 0 Å². The summed E-state index contributed by atoms with van der Waals surface area (Å²) in [6, 6.07) is 10.6. The summed E-state index contributed by atoms with van der Waals surface area (Å²) in [5, 5.41) is 9.23. The second kappa shape index (κ2) is 3.39. The highest BCUT2D eigenvalue weighted by Gasteiger charge is 2.52. The van der Waals surface area contributed by atoms with Crippen molar-refractivity contribution in [3.63, 3.8) is 0 Å². The zero-order chi connectivity index (χ0) is 10.2. The highest BCUT2D eigenvalue weighted by molar-refractivity contribution is 5.23. The van der Waals surface area contributed by atoms with Gasteiger partial charge in [0.15, 0.2) is 0 Å². The molecule has 1 saturated carbocycles. The van der Waals surface area contributed by atoms with E-state index in [1.807, 2.05) is 6.07 Å². The first-order chi connectivity index (χ1) is 6.67. The summed E-state index contributed by atoms with van der Waals surface area (Å²) in [5.41, 5.74) is 1.59. The van der Waals surface area contributed by atoms with Crippen molar-refractivity contribution in [2.75, 3.05) is 6.61 Å². The molecule has 2 rings (SSSR count). The molecule has 0 aliphatic heterocycles. The monoisotopic (exact) mass is 190 g/mol. The molecule has 1 aromatic rings. The fourth-order valence-corrected chi connectivity index (χ4v) is 2.39. The molecule has 0 bridgehead atoms. The highest BCUT2D eigenvalue weighted by Crippen LogP contribution is 2.58. The van der Waals surface area contributed by atoms with Crippen LogP contribution in [-0.4, -0.2) is 11.7 Å². The molecule has 0 radical (unpaired) electrons. The Morgan fingerprint density at radius 2 is 2.07 bits per heavy atom. The molecule has 3 atom stereocenters. The summed E-state index contributed by atoms with van der Waals surface area (Å²) < 4.78 is 0. The van der Waals surface area contributed by atoms with Crippen LogP contribution in [-0.2, 0) is 0 Å². The first-order valence-electron chi connectivity index (χ1n) is 5.33. The van der Waals surface area contributed by atoms with E-state index in [2.05, 4.69) is 38.1 Å². The van der Waals surface area contributed by atoms with E-state index in [0.29, 0.717) is 18.4 Å². The van der Waals surface area contributed by atoms with Gasteiger partial charge in [0.05, 0.1) is 0 Å². The Labute approximate surface area is 85.8 Å². The van der Waals surface area contributed by atoms with Crippen LogP contribution < -0.4 is 0 Å². The molecule has 1 nitrogen and oxygen atoms in total. The third kappa shape index (κ3) is 1.57. The number of hydrogen-bond donors (Lipinski definition) is 1. The molecule has 1 aliphatic carbocycles. The lowest BCUT2D eigenvalue weighted by molar-refractivity contribution is 0.207. The van der Waals surface area contributed by atoms with Crippen LogP contribution in [0.1, 0.15) is 31.7 Å². The van der Waals surface area contributed by atoms with E-state index in [1.165, 1.54) is 12.0 Å².